The summed E-state index contributed by atoms with van der Waals surface area (Å²) in [4.78, 5) is 26.3. The number of hydrogen-bond acceptors (Lipinski definition) is 3. The first-order valence-corrected chi connectivity index (χ1v) is 6.06. The molecule has 1 atom stereocenters. The monoisotopic (exact) mass is 248 g/mol. The zero-order valence-corrected chi connectivity index (χ0v) is 10.2. The van der Waals surface area contributed by atoms with Crippen molar-refractivity contribution < 1.29 is 14.7 Å². The van der Waals surface area contributed by atoms with Crippen molar-refractivity contribution in [2.24, 2.45) is 5.92 Å². The van der Waals surface area contributed by atoms with Crippen LogP contribution in [0.2, 0.25) is 0 Å². The van der Waals surface area contributed by atoms with Gasteiger partial charge in [-0.3, -0.25) is 4.79 Å². The van der Waals surface area contributed by atoms with Crippen molar-refractivity contribution in [1.82, 2.24) is 10.3 Å². The molecule has 1 amide bonds. The normalized spacial score (nSPS) is 16.1. The minimum Gasteiger partial charge on any atom is -0.477 e. The summed E-state index contributed by atoms with van der Waals surface area (Å²) in [5, 5.41) is 11.7. The van der Waals surface area contributed by atoms with E-state index < -0.39 is 5.97 Å². The Morgan fingerprint density at radius 3 is 2.89 bits per heavy atom. The number of hydrogen-bond donors (Lipinski definition) is 2. The first-order chi connectivity index (χ1) is 8.56. The van der Waals surface area contributed by atoms with Crippen molar-refractivity contribution in [3.05, 3.63) is 29.6 Å². The highest BCUT2D eigenvalue weighted by atomic mass is 16.4. The summed E-state index contributed by atoms with van der Waals surface area (Å²) in [6.07, 6.45) is 4.82. The lowest BCUT2D eigenvalue weighted by Gasteiger charge is -2.13. The molecule has 1 aliphatic carbocycles. The van der Waals surface area contributed by atoms with Crippen LogP contribution in [-0.4, -0.2) is 28.0 Å². The van der Waals surface area contributed by atoms with Crippen molar-refractivity contribution in [2.75, 3.05) is 0 Å². The van der Waals surface area contributed by atoms with Gasteiger partial charge in [0.1, 0.15) is 5.69 Å². The average molecular weight is 248 g/mol. The van der Waals surface area contributed by atoms with Gasteiger partial charge in [0, 0.05) is 17.8 Å². The Morgan fingerprint density at radius 1 is 1.56 bits per heavy atom. The Bertz CT molecular complexity index is 469. The number of amides is 1. The maximum atomic E-state index is 11.9. The molecule has 1 aromatic heterocycles. The summed E-state index contributed by atoms with van der Waals surface area (Å²) in [5.74, 6) is -0.629. The van der Waals surface area contributed by atoms with E-state index in [0.717, 1.165) is 12.3 Å². The molecule has 1 saturated carbocycles. The van der Waals surface area contributed by atoms with Crippen LogP contribution in [0.4, 0.5) is 0 Å². The fourth-order valence-corrected chi connectivity index (χ4v) is 1.91. The van der Waals surface area contributed by atoms with E-state index in [2.05, 4.69) is 10.3 Å². The molecule has 0 aromatic carbocycles. The molecule has 5 heteroatoms. The van der Waals surface area contributed by atoms with E-state index in [4.69, 9.17) is 5.11 Å². The van der Waals surface area contributed by atoms with Crippen LogP contribution in [0.3, 0.4) is 0 Å². The van der Waals surface area contributed by atoms with Crippen molar-refractivity contribution in [2.45, 2.75) is 32.2 Å². The van der Waals surface area contributed by atoms with E-state index in [1.807, 2.05) is 6.92 Å². The molecule has 2 N–H and O–H groups in total. The molecule has 1 aliphatic rings. The van der Waals surface area contributed by atoms with Gasteiger partial charge in [-0.2, -0.15) is 0 Å². The summed E-state index contributed by atoms with van der Waals surface area (Å²) < 4.78 is 0. The molecule has 1 aromatic rings. The van der Waals surface area contributed by atoms with Gasteiger partial charge in [-0.25, -0.2) is 9.78 Å². The third-order valence-corrected chi connectivity index (χ3v) is 3.00. The van der Waals surface area contributed by atoms with E-state index in [0.29, 0.717) is 5.56 Å². The molecule has 1 unspecified atom stereocenters. The third-order valence-electron chi connectivity index (χ3n) is 3.00. The van der Waals surface area contributed by atoms with Crippen LogP contribution >= 0.6 is 0 Å². The van der Waals surface area contributed by atoms with Crippen LogP contribution in [-0.2, 0) is 0 Å². The van der Waals surface area contributed by atoms with Crippen LogP contribution in [0.5, 0.6) is 0 Å². The minimum absolute atomic E-state index is 0.113. The maximum Gasteiger partial charge on any atom is 0.354 e. The molecule has 1 fully saturated rings. The second-order valence-corrected chi connectivity index (χ2v) is 4.79. The molecule has 0 bridgehead atoms. The number of aromatic carboxylic acids is 1. The lowest BCUT2D eigenvalue weighted by atomic mass is 10.1. The fraction of sp³-hybridized carbons (Fsp3) is 0.462. The Hall–Kier alpha value is -1.91. The van der Waals surface area contributed by atoms with Crippen molar-refractivity contribution in [3.63, 3.8) is 0 Å². The lowest BCUT2D eigenvalue weighted by molar-refractivity contribution is 0.0690. The van der Waals surface area contributed by atoms with Gasteiger partial charge in [0.15, 0.2) is 0 Å². The van der Waals surface area contributed by atoms with Gasteiger partial charge in [0.25, 0.3) is 5.91 Å². The molecule has 0 aliphatic heterocycles. The lowest BCUT2D eigenvalue weighted by Crippen LogP contribution is -2.33. The van der Waals surface area contributed by atoms with Gasteiger partial charge in [-0.1, -0.05) is 12.8 Å². The average Bonchev–Trinajstić information content (AvgIpc) is 3.12. The summed E-state index contributed by atoms with van der Waals surface area (Å²) in [6, 6.07) is 2.93. The Morgan fingerprint density at radius 2 is 2.28 bits per heavy atom. The quantitative estimate of drug-likeness (QED) is 0.831. The van der Waals surface area contributed by atoms with Crippen LogP contribution in [0.1, 0.15) is 47.0 Å². The van der Waals surface area contributed by atoms with E-state index in [-0.39, 0.29) is 17.6 Å². The number of rotatable bonds is 5. The van der Waals surface area contributed by atoms with Crippen LogP contribution < -0.4 is 5.32 Å². The molecule has 0 saturated heterocycles. The molecular formula is C13H16N2O3. The largest absolute Gasteiger partial charge is 0.477 e. The summed E-state index contributed by atoms with van der Waals surface area (Å²) >= 11 is 0. The smallest absolute Gasteiger partial charge is 0.354 e. The second kappa shape index (κ2) is 5.16. The zero-order valence-electron chi connectivity index (χ0n) is 10.2. The van der Waals surface area contributed by atoms with Gasteiger partial charge in [-0.05, 0) is 31.4 Å². The second-order valence-electron chi connectivity index (χ2n) is 4.79. The third kappa shape index (κ3) is 3.29. The summed E-state index contributed by atoms with van der Waals surface area (Å²) in [6.45, 7) is 1.97. The van der Waals surface area contributed by atoms with Crippen molar-refractivity contribution in [1.29, 1.82) is 0 Å². The molecule has 0 radical (unpaired) electrons. The highest BCUT2D eigenvalue weighted by Gasteiger charge is 2.24. The molecular weight excluding hydrogens is 232 g/mol. The number of carboxylic acid groups (broad SMARTS) is 1. The Balaban J connectivity index is 1.98. The number of nitrogens with one attached hydrogen (secondary N) is 1. The highest BCUT2D eigenvalue weighted by molar-refractivity contribution is 5.96. The number of aromatic nitrogens is 1. The van der Waals surface area contributed by atoms with Gasteiger partial charge >= 0.3 is 5.97 Å². The van der Waals surface area contributed by atoms with Gasteiger partial charge < -0.3 is 10.4 Å². The SMILES string of the molecule is CC(CC1CC1)NC(=O)c1ccnc(C(=O)O)c1. The molecule has 5 nitrogen and oxygen atoms in total. The van der Waals surface area contributed by atoms with Crippen LogP contribution in [0, 0.1) is 5.92 Å². The molecule has 2 rings (SSSR count). The number of carboxylic acids is 1. The number of carbonyl (C=O) groups is 2. The Labute approximate surface area is 105 Å². The number of nitrogens with zero attached hydrogens (tertiary/aromatic N) is 1. The van der Waals surface area contributed by atoms with Crippen molar-refractivity contribution in [3.8, 4) is 0 Å². The maximum absolute atomic E-state index is 11.9. The zero-order chi connectivity index (χ0) is 13.1. The summed E-state index contributed by atoms with van der Waals surface area (Å²) in [5.41, 5.74) is 0.225. The minimum atomic E-state index is -1.13. The van der Waals surface area contributed by atoms with Gasteiger partial charge in [0.2, 0.25) is 0 Å². The van der Waals surface area contributed by atoms with E-state index in [1.165, 1.54) is 31.2 Å². The first kappa shape index (κ1) is 12.5. The van der Waals surface area contributed by atoms with Gasteiger partial charge in [-0.15, -0.1) is 0 Å². The standard InChI is InChI=1S/C13H16N2O3/c1-8(6-9-2-3-9)15-12(16)10-4-5-14-11(7-10)13(17)18/h4-5,7-9H,2-3,6H2,1H3,(H,15,16)(H,17,18). The topological polar surface area (TPSA) is 79.3 Å². The Kier molecular flexibility index (Phi) is 3.60. The summed E-state index contributed by atoms with van der Waals surface area (Å²) in [7, 11) is 0. The molecule has 96 valence electrons. The van der Waals surface area contributed by atoms with E-state index in [9.17, 15) is 9.59 Å². The molecule has 18 heavy (non-hydrogen) atoms. The first-order valence-electron chi connectivity index (χ1n) is 6.06. The fourth-order valence-electron chi connectivity index (χ4n) is 1.91. The number of pyridine rings is 1. The van der Waals surface area contributed by atoms with E-state index in [1.54, 1.807) is 0 Å². The molecule has 0 spiro atoms. The van der Waals surface area contributed by atoms with Crippen molar-refractivity contribution >= 4 is 11.9 Å². The predicted molar refractivity (Wildman–Crippen MR) is 65.5 cm³/mol. The van der Waals surface area contributed by atoms with Crippen LogP contribution in [0.25, 0.3) is 0 Å². The van der Waals surface area contributed by atoms with Crippen LogP contribution in [0.15, 0.2) is 18.3 Å². The van der Waals surface area contributed by atoms with E-state index >= 15 is 0 Å². The predicted octanol–water partition coefficient (Wildman–Crippen LogP) is 1.70. The highest BCUT2D eigenvalue weighted by Crippen LogP contribution is 2.33. The van der Waals surface area contributed by atoms with Gasteiger partial charge in [0.05, 0.1) is 0 Å². The number of carbonyl (C=O) groups excluding carboxylic acids is 1. The molecule has 1 heterocycles.